The lowest BCUT2D eigenvalue weighted by Crippen LogP contribution is -2.53. The van der Waals surface area contributed by atoms with E-state index in [1.165, 1.54) is 0 Å². The molecule has 2 amide bonds. The molecular weight excluding hydrogens is 344 g/mol. The minimum Gasteiger partial charge on any atom is -0.497 e. The van der Waals surface area contributed by atoms with Gasteiger partial charge in [0.2, 0.25) is 5.91 Å². The second kappa shape index (κ2) is 7.06. The highest BCUT2D eigenvalue weighted by atomic mass is 16.5. The van der Waals surface area contributed by atoms with Gasteiger partial charge >= 0.3 is 0 Å². The van der Waals surface area contributed by atoms with Crippen LogP contribution >= 0.6 is 0 Å². The Morgan fingerprint density at radius 2 is 2.19 bits per heavy atom. The highest BCUT2D eigenvalue weighted by molar-refractivity contribution is 5.92. The maximum atomic E-state index is 13.0. The summed E-state index contributed by atoms with van der Waals surface area (Å²) in [6.45, 7) is 2.08. The molecule has 1 spiro atoms. The largest absolute Gasteiger partial charge is 0.497 e. The van der Waals surface area contributed by atoms with E-state index in [0.717, 1.165) is 37.2 Å². The molecule has 0 saturated carbocycles. The quantitative estimate of drug-likeness (QED) is 0.899. The number of benzene rings is 1. The first-order chi connectivity index (χ1) is 13.1. The van der Waals surface area contributed by atoms with Crippen molar-refractivity contribution < 1.29 is 14.3 Å². The SMILES string of the molecule is COc1cccc(-n2ccc(C(=O)N3CCCC4(CCC(=O)NC4)C3)n2)c1. The maximum Gasteiger partial charge on any atom is 0.274 e. The lowest BCUT2D eigenvalue weighted by atomic mass is 9.74. The Bertz CT molecular complexity index is 850. The summed E-state index contributed by atoms with van der Waals surface area (Å²) in [6, 6.07) is 9.32. The third-order valence-corrected chi connectivity index (χ3v) is 5.62. The highest BCUT2D eigenvalue weighted by Crippen LogP contribution is 2.36. The first kappa shape index (κ1) is 17.6. The van der Waals surface area contributed by atoms with Crippen LogP contribution in [0.25, 0.3) is 5.69 Å². The van der Waals surface area contributed by atoms with E-state index in [4.69, 9.17) is 4.74 Å². The number of nitrogens with zero attached hydrogens (tertiary/aromatic N) is 3. The summed E-state index contributed by atoms with van der Waals surface area (Å²) in [5, 5.41) is 7.45. The second-order valence-corrected chi connectivity index (χ2v) is 7.45. The predicted molar refractivity (Wildman–Crippen MR) is 99.9 cm³/mol. The molecule has 27 heavy (non-hydrogen) atoms. The van der Waals surface area contributed by atoms with E-state index >= 15 is 0 Å². The molecule has 2 aromatic rings. The molecule has 0 radical (unpaired) electrons. The van der Waals surface area contributed by atoms with Crippen LogP contribution in [0.4, 0.5) is 0 Å². The topological polar surface area (TPSA) is 76.5 Å². The zero-order valence-corrected chi connectivity index (χ0v) is 15.5. The highest BCUT2D eigenvalue weighted by Gasteiger charge is 2.40. The van der Waals surface area contributed by atoms with Crippen molar-refractivity contribution in [1.82, 2.24) is 20.0 Å². The summed E-state index contributed by atoms with van der Waals surface area (Å²) in [5.74, 6) is 0.807. The summed E-state index contributed by atoms with van der Waals surface area (Å²) in [6.07, 6.45) is 5.20. The minimum absolute atomic E-state index is 0.0111. The lowest BCUT2D eigenvalue weighted by molar-refractivity contribution is -0.125. The van der Waals surface area contributed by atoms with Gasteiger partial charge in [-0.25, -0.2) is 4.68 Å². The number of ether oxygens (including phenoxy) is 1. The number of carbonyl (C=O) groups is 2. The van der Waals surface area contributed by atoms with Crippen molar-refractivity contribution in [2.45, 2.75) is 25.7 Å². The summed E-state index contributed by atoms with van der Waals surface area (Å²) in [5.41, 5.74) is 1.30. The van der Waals surface area contributed by atoms with E-state index in [1.807, 2.05) is 29.2 Å². The van der Waals surface area contributed by atoms with E-state index in [9.17, 15) is 9.59 Å². The van der Waals surface area contributed by atoms with Crippen molar-refractivity contribution in [1.29, 1.82) is 0 Å². The van der Waals surface area contributed by atoms with Crippen LogP contribution in [0.2, 0.25) is 0 Å². The molecule has 2 saturated heterocycles. The van der Waals surface area contributed by atoms with Crippen LogP contribution in [0, 0.1) is 5.41 Å². The number of hydrogen-bond acceptors (Lipinski definition) is 4. The number of aromatic nitrogens is 2. The molecule has 1 atom stereocenters. The monoisotopic (exact) mass is 368 g/mol. The number of amides is 2. The van der Waals surface area contributed by atoms with Crippen LogP contribution in [0.15, 0.2) is 36.5 Å². The first-order valence-electron chi connectivity index (χ1n) is 9.35. The third kappa shape index (κ3) is 3.54. The van der Waals surface area contributed by atoms with Gasteiger partial charge in [-0.15, -0.1) is 0 Å². The van der Waals surface area contributed by atoms with Gasteiger partial charge in [-0.05, 0) is 37.5 Å². The Morgan fingerprint density at radius 1 is 1.30 bits per heavy atom. The summed E-state index contributed by atoms with van der Waals surface area (Å²) >= 11 is 0. The summed E-state index contributed by atoms with van der Waals surface area (Å²) in [7, 11) is 1.62. The fraction of sp³-hybridized carbons (Fsp3) is 0.450. The molecule has 142 valence electrons. The fourth-order valence-corrected chi connectivity index (χ4v) is 4.07. The molecule has 2 aliphatic heterocycles. The van der Waals surface area contributed by atoms with Gasteiger partial charge in [0.15, 0.2) is 5.69 Å². The van der Waals surface area contributed by atoms with E-state index in [0.29, 0.717) is 25.2 Å². The standard InChI is InChI=1S/C20H24N4O3/c1-27-16-5-2-4-15(12-16)24-11-7-17(22-24)19(26)23-10-3-8-20(14-23)9-6-18(25)21-13-20/h2,4-5,7,11-12H,3,6,8-10,13-14H2,1H3,(H,21,25). The van der Waals surface area contributed by atoms with Crippen LogP contribution in [0.1, 0.15) is 36.2 Å². The number of likely N-dealkylation sites (tertiary alicyclic amines) is 1. The van der Waals surface area contributed by atoms with Gasteiger partial charge in [-0.3, -0.25) is 9.59 Å². The van der Waals surface area contributed by atoms with Gasteiger partial charge in [0, 0.05) is 43.7 Å². The Labute approximate surface area is 158 Å². The van der Waals surface area contributed by atoms with Gasteiger partial charge in [-0.1, -0.05) is 6.07 Å². The van der Waals surface area contributed by atoms with Crippen molar-refractivity contribution in [3.63, 3.8) is 0 Å². The van der Waals surface area contributed by atoms with Crippen molar-refractivity contribution in [3.05, 3.63) is 42.2 Å². The van der Waals surface area contributed by atoms with Crippen LogP contribution < -0.4 is 10.1 Å². The lowest BCUT2D eigenvalue weighted by Gasteiger charge is -2.44. The average molecular weight is 368 g/mol. The van der Waals surface area contributed by atoms with Crippen molar-refractivity contribution >= 4 is 11.8 Å². The van der Waals surface area contributed by atoms with Gasteiger partial charge in [-0.2, -0.15) is 5.10 Å². The second-order valence-electron chi connectivity index (χ2n) is 7.45. The molecule has 1 aromatic heterocycles. The van der Waals surface area contributed by atoms with E-state index in [-0.39, 0.29) is 17.2 Å². The van der Waals surface area contributed by atoms with Gasteiger partial charge in [0.25, 0.3) is 5.91 Å². The van der Waals surface area contributed by atoms with Gasteiger partial charge in [0.05, 0.1) is 12.8 Å². The Morgan fingerprint density at radius 3 is 2.96 bits per heavy atom. The fourth-order valence-electron chi connectivity index (χ4n) is 4.07. The third-order valence-electron chi connectivity index (χ3n) is 5.62. The average Bonchev–Trinajstić information content (AvgIpc) is 3.20. The zero-order chi connectivity index (χ0) is 18.9. The van der Waals surface area contributed by atoms with Crippen molar-refractivity contribution in [2.75, 3.05) is 26.7 Å². The summed E-state index contributed by atoms with van der Waals surface area (Å²) < 4.78 is 6.94. The van der Waals surface area contributed by atoms with Crippen LogP contribution in [0.5, 0.6) is 5.75 Å². The molecule has 1 aromatic carbocycles. The van der Waals surface area contributed by atoms with E-state index in [1.54, 1.807) is 24.1 Å². The van der Waals surface area contributed by atoms with Crippen molar-refractivity contribution in [3.8, 4) is 11.4 Å². The number of piperidine rings is 2. The van der Waals surface area contributed by atoms with Gasteiger partial charge in [0.1, 0.15) is 5.75 Å². The molecule has 2 fully saturated rings. The first-order valence-corrected chi connectivity index (χ1v) is 9.35. The molecule has 7 nitrogen and oxygen atoms in total. The minimum atomic E-state index is -0.0485. The van der Waals surface area contributed by atoms with Gasteiger partial charge < -0.3 is 15.0 Å². The Hall–Kier alpha value is -2.83. The molecule has 1 N–H and O–H groups in total. The predicted octanol–water partition coefficient (Wildman–Crippen LogP) is 2.01. The molecule has 4 rings (SSSR count). The molecule has 0 aliphatic carbocycles. The normalized spacial score (nSPS) is 22.6. The number of nitrogens with one attached hydrogen (secondary N) is 1. The number of rotatable bonds is 3. The number of hydrogen-bond donors (Lipinski definition) is 1. The van der Waals surface area contributed by atoms with E-state index < -0.39 is 0 Å². The number of methoxy groups -OCH3 is 1. The van der Waals surface area contributed by atoms with Crippen LogP contribution in [-0.2, 0) is 4.79 Å². The molecule has 0 bridgehead atoms. The Kier molecular flexibility index (Phi) is 4.59. The molecule has 7 heteroatoms. The van der Waals surface area contributed by atoms with Crippen LogP contribution in [-0.4, -0.2) is 53.2 Å². The smallest absolute Gasteiger partial charge is 0.274 e. The molecule has 3 heterocycles. The molecule has 2 aliphatic rings. The van der Waals surface area contributed by atoms with E-state index in [2.05, 4.69) is 10.4 Å². The van der Waals surface area contributed by atoms with Crippen LogP contribution in [0.3, 0.4) is 0 Å². The maximum absolute atomic E-state index is 13.0. The Balaban J connectivity index is 1.49. The number of carbonyl (C=O) groups excluding carboxylic acids is 2. The zero-order valence-electron chi connectivity index (χ0n) is 15.5. The molecule has 1 unspecified atom stereocenters. The molecular formula is C20H24N4O3. The van der Waals surface area contributed by atoms with Crippen molar-refractivity contribution in [2.24, 2.45) is 5.41 Å². The summed E-state index contributed by atoms with van der Waals surface area (Å²) in [4.78, 5) is 26.4.